The normalized spacial score (nSPS) is 9.18. The molecule has 0 aliphatic rings. The van der Waals surface area contributed by atoms with E-state index < -0.39 is 23.3 Å². The Bertz CT molecular complexity index is 1510. The van der Waals surface area contributed by atoms with Crippen molar-refractivity contribution in [3.63, 3.8) is 0 Å². The molecule has 0 bridgehead atoms. The van der Waals surface area contributed by atoms with E-state index in [1.165, 1.54) is 0 Å². The molecule has 12 heteroatoms. The predicted octanol–water partition coefficient (Wildman–Crippen LogP) is 9.18. The molecule has 6 aromatic rings. The number of aromatic nitrogens is 4. The summed E-state index contributed by atoms with van der Waals surface area (Å²) in [4.78, 5) is 15.2. The second kappa shape index (κ2) is 20.6. The molecule has 6 nitrogen and oxygen atoms in total. The molecule has 44 heavy (non-hydrogen) atoms. The molecule has 4 heterocycles. The Morgan fingerprint density at radius 1 is 0.477 bits per heavy atom. The van der Waals surface area contributed by atoms with Crippen LogP contribution in [-0.2, 0) is 42.1 Å². The Kier molecular flexibility index (Phi) is 17.7. The van der Waals surface area contributed by atoms with Crippen molar-refractivity contribution < 1.29 is 59.7 Å². The number of nitrogens with one attached hydrogen (secondary N) is 2. The standard InChI is InChI=1S/2C11H6F2N.2C5H5N2.2Pt/c2*12-8-4-5-9(10(13)7-8)11-3-1-2-6-14-11;2*6-5-3-1-2-4-7-5;;/h2*1-4,6-7H;2*1-4H,(H-,6,7);;/q4*-1;2*+2. The van der Waals surface area contributed by atoms with E-state index in [1.807, 2.05) is 0 Å². The van der Waals surface area contributed by atoms with Crippen LogP contribution in [0.3, 0.4) is 0 Å². The van der Waals surface area contributed by atoms with Crippen molar-refractivity contribution in [3.05, 3.63) is 169 Å². The summed E-state index contributed by atoms with van der Waals surface area (Å²) in [5.41, 5.74) is 15.0. The van der Waals surface area contributed by atoms with Gasteiger partial charge in [0.1, 0.15) is 0 Å². The Hall–Kier alpha value is -4.26. The van der Waals surface area contributed by atoms with E-state index in [0.717, 1.165) is 24.3 Å². The van der Waals surface area contributed by atoms with Gasteiger partial charge in [-0.3, -0.25) is 17.6 Å². The fraction of sp³-hybridized carbons (Fsp3) is 0. The molecule has 0 amide bonds. The smallest absolute Gasteiger partial charge is 0.482 e. The Labute approximate surface area is 281 Å². The van der Waals surface area contributed by atoms with Gasteiger partial charge in [-0.1, -0.05) is 108 Å². The Morgan fingerprint density at radius 2 is 0.818 bits per heavy atom. The molecular formula is C32H22F4N6Pt2. The van der Waals surface area contributed by atoms with E-state index in [1.54, 1.807) is 97.6 Å². The van der Waals surface area contributed by atoms with Gasteiger partial charge in [-0.15, -0.1) is 24.3 Å². The maximum atomic E-state index is 13.2. The quantitative estimate of drug-likeness (QED) is 0.128. The zero-order valence-electron chi connectivity index (χ0n) is 22.5. The van der Waals surface area contributed by atoms with Gasteiger partial charge in [0.2, 0.25) is 0 Å². The zero-order valence-corrected chi connectivity index (χ0v) is 27.0. The number of halogens is 4. The summed E-state index contributed by atoms with van der Waals surface area (Å²) >= 11 is 0. The molecule has 2 N–H and O–H groups in total. The molecule has 0 unspecified atom stereocenters. The summed E-state index contributed by atoms with van der Waals surface area (Å²) < 4.78 is 51.6. The van der Waals surface area contributed by atoms with E-state index in [0.29, 0.717) is 23.0 Å². The van der Waals surface area contributed by atoms with Gasteiger partial charge < -0.3 is 31.4 Å². The van der Waals surface area contributed by atoms with Crippen molar-refractivity contribution in [2.45, 2.75) is 0 Å². The number of benzene rings is 2. The summed E-state index contributed by atoms with van der Waals surface area (Å²) in [6, 6.07) is 29.5. The van der Waals surface area contributed by atoms with Crippen molar-refractivity contribution in [2.24, 2.45) is 0 Å². The van der Waals surface area contributed by atoms with Crippen LogP contribution in [0.5, 0.6) is 0 Å². The summed E-state index contributed by atoms with van der Waals surface area (Å²) in [6.45, 7) is 0. The first-order valence-corrected chi connectivity index (χ1v) is 12.1. The van der Waals surface area contributed by atoms with Crippen LogP contribution in [0, 0.1) is 35.4 Å². The monoisotopic (exact) mass is 956 g/mol. The molecule has 0 saturated carbocycles. The number of hydrogen-bond donors (Lipinski definition) is 0. The van der Waals surface area contributed by atoms with Crippen molar-refractivity contribution >= 4 is 11.6 Å². The SMILES string of the molecule is Fc1c[c-]c(-c2ccccn2)c(F)c1.Fc1c[c-]c(-c2ccccn2)c(F)c1.[NH-]c1ccccn1.[NH-]c1ccccn1.[Pt+2].[Pt+2]. The van der Waals surface area contributed by atoms with Crippen LogP contribution >= 0.6 is 0 Å². The van der Waals surface area contributed by atoms with Gasteiger partial charge in [-0.2, -0.15) is 0 Å². The molecule has 2 aromatic carbocycles. The van der Waals surface area contributed by atoms with Gasteiger partial charge in [-0.05, 0) is 23.5 Å². The molecule has 0 aliphatic carbocycles. The van der Waals surface area contributed by atoms with Crippen LogP contribution in [0.15, 0.2) is 122 Å². The van der Waals surface area contributed by atoms with Crippen molar-refractivity contribution in [2.75, 3.05) is 0 Å². The molecule has 0 saturated heterocycles. The van der Waals surface area contributed by atoms with E-state index in [-0.39, 0.29) is 53.3 Å². The fourth-order valence-corrected chi connectivity index (χ4v) is 3.03. The summed E-state index contributed by atoms with van der Waals surface area (Å²) in [7, 11) is 0. The van der Waals surface area contributed by atoms with E-state index in [2.05, 4.69) is 32.1 Å². The minimum atomic E-state index is -0.649. The van der Waals surface area contributed by atoms with Crippen molar-refractivity contribution in [1.82, 2.24) is 19.9 Å². The maximum Gasteiger partial charge on any atom is 2.00 e. The summed E-state index contributed by atoms with van der Waals surface area (Å²) in [5.74, 6) is -1.93. The molecule has 0 spiro atoms. The third kappa shape index (κ3) is 13.4. The van der Waals surface area contributed by atoms with Crippen LogP contribution < -0.4 is 0 Å². The molecule has 4 aromatic heterocycles. The number of hydrogen-bond acceptors (Lipinski definition) is 4. The van der Waals surface area contributed by atoms with Crippen molar-refractivity contribution in [1.29, 1.82) is 0 Å². The van der Waals surface area contributed by atoms with Crippen LogP contribution in [0.25, 0.3) is 34.0 Å². The van der Waals surface area contributed by atoms with Crippen LogP contribution in [-0.4, -0.2) is 19.9 Å². The summed E-state index contributed by atoms with van der Waals surface area (Å²) in [6.07, 6.45) is 6.29. The van der Waals surface area contributed by atoms with Gasteiger partial charge >= 0.3 is 42.1 Å². The molecule has 228 valence electrons. The minimum Gasteiger partial charge on any atom is -0.482 e. The fourth-order valence-electron chi connectivity index (χ4n) is 3.03. The predicted molar refractivity (Wildman–Crippen MR) is 153 cm³/mol. The maximum absolute atomic E-state index is 13.2. The number of nitrogens with zero attached hydrogens (tertiary/aromatic N) is 4. The first-order chi connectivity index (χ1) is 20.3. The minimum absolute atomic E-state index is 0. The van der Waals surface area contributed by atoms with Crippen LogP contribution in [0.1, 0.15) is 0 Å². The van der Waals surface area contributed by atoms with Crippen LogP contribution in [0.2, 0.25) is 0 Å². The van der Waals surface area contributed by atoms with Gasteiger partial charge in [0.15, 0.2) is 0 Å². The molecule has 0 atom stereocenters. The van der Waals surface area contributed by atoms with Gasteiger partial charge in [0, 0.05) is 35.7 Å². The third-order valence-electron chi connectivity index (χ3n) is 4.89. The Balaban J connectivity index is 0.000000303. The zero-order chi connectivity index (χ0) is 30.2. The van der Waals surface area contributed by atoms with Gasteiger partial charge in [0.05, 0.1) is 0 Å². The van der Waals surface area contributed by atoms with Gasteiger partial charge in [0.25, 0.3) is 0 Å². The second-order valence-corrected chi connectivity index (χ2v) is 7.94. The number of pyridine rings is 4. The average molecular weight is 957 g/mol. The van der Waals surface area contributed by atoms with Gasteiger partial charge in [-0.25, -0.2) is 0 Å². The largest absolute Gasteiger partial charge is 2.00 e. The molecule has 0 radical (unpaired) electrons. The molecule has 6 rings (SSSR count). The molecule has 0 fully saturated rings. The first kappa shape index (κ1) is 37.8. The van der Waals surface area contributed by atoms with E-state index in [9.17, 15) is 17.6 Å². The van der Waals surface area contributed by atoms with Crippen LogP contribution in [0.4, 0.5) is 29.2 Å². The average Bonchev–Trinajstić information content (AvgIpc) is 3.00. The molecular weight excluding hydrogens is 935 g/mol. The van der Waals surface area contributed by atoms with E-state index in [4.69, 9.17) is 11.5 Å². The molecule has 0 aliphatic heterocycles. The topological polar surface area (TPSA) is 99.2 Å². The summed E-state index contributed by atoms with van der Waals surface area (Å²) in [5, 5.41) is 0. The van der Waals surface area contributed by atoms with E-state index >= 15 is 0 Å². The number of rotatable bonds is 2. The second-order valence-electron chi connectivity index (χ2n) is 7.94. The van der Waals surface area contributed by atoms with Crippen molar-refractivity contribution in [3.8, 4) is 22.5 Å². The Morgan fingerprint density at radius 3 is 1.05 bits per heavy atom. The first-order valence-electron chi connectivity index (χ1n) is 12.1. The third-order valence-corrected chi connectivity index (χ3v) is 4.89.